The first-order chi connectivity index (χ1) is 14.2. The smallest absolute Gasteiger partial charge is 0.338 e. The van der Waals surface area contributed by atoms with E-state index >= 15 is 0 Å². The van der Waals surface area contributed by atoms with Crippen molar-refractivity contribution in [2.75, 3.05) is 0 Å². The van der Waals surface area contributed by atoms with E-state index < -0.39 is 12.0 Å². The Morgan fingerprint density at radius 2 is 1.53 bits per heavy atom. The topological polar surface area (TPSA) is 76.7 Å². The van der Waals surface area contributed by atoms with Crippen molar-refractivity contribution in [2.24, 2.45) is 5.92 Å². The van der Waals surface area contributed by atoms with Crippen molar-refractivity contribution in [3.63, 3.8) is 0 Å². The van der Waals surface area contributed by atoms with Crippen LogP contribution in [-0.4, -0.2) is 18.1 Å². The number of nitrogens with one attached hydrogen (secondary N) is 2. The Bertz CT molecular complexity index is 950. The number of urea groups is 1. The number of benzene rings is 2. The van der Waals surface area contributed by atoms with E-state index in [0.717, 1.165) is 5.56 Å². The zero-order valence-corrected chi connectivity index (χ0v) is 18.1. The van der Waals surface area contributed by atoms with Crippen LogP contribution in [-0.2, 0) is 9.53 Å². The predicted molar refractivity (Wildman–Crippen MR) is 115 cm³/mol. The monoisotopic (exact) mass is 428 g/mol. The summed E-state index contributed by atoms with van der Waals surface area (Å²) >= 11 is 5.90. The van der Waals surface area contributed by atoms with Crippen molar-refractivity contribution >= 4 is 23.6 Å². The molecule has 2 aromatic carbocycles. The molecule has 0 bridgehead atoms. The molecule has 0 aromatic heterocycles. The summed E-state index contributed by atoms with van der Waals surface area (Å²) in [4.78, 5) is 25.1. The normalized spacial score (nSPS) is 16.4. The summed E-state index contributed by atoms with van der Waals surface area (Å²) in [5.74, 6) is 0.777. The molecule has 1 unspecified atom stereocenters. The Morgan fingerprint density at radius 3 is 2.07 bits per heavy atom. The van der Waals surface area contributed by atoms with Gasteiger partial charge in [-0.15, -0.1) is 0 Å². The molecule has 0 fully saturated rings. The van der Waals surface area contributed by atoms with Crippen molar-refractivity contribution in [1.29, 1.82) is 0 Å². The average molecular weight is 429 g/mol. The van der Waals surface area contributed by atoms with Crippen LogP contribution in [0.4, 0.5) is 4.79 Å². The van der Waals surface area contributed by atoms with Crippen LogP contribution in [0.25, 0.3) is 0 Å². The van der Waals surface area contributed by atoms with E-state index in [1.165, 1.54) is 0 Å². The Hall–Kier alpha value is -2.99. The van der Waals surface area contributed by atoms with Gasteiger partial charge in [-0.3, -0.25) is 0 Å². The molecular formula is C23H25ClN2O4. The maximum absolute atomic E-state index is 12.8. The van der Waals surface area contributed by atoms with E-state index in [-0.39, 0.29) is 18.1 Å². The van der Waals surface area contributed by atoms with Crippen molar-refractivity contribution in [3.8, 4) is 11.5 Å². The van der Waals surface area contributed by atoms with Crippen molar-refractivity contribution in [1.82, 2.24) is 10.6 Å². The molecule has 2 amide bonds. The van der Waals surface area contributed by atoms with E-state index in [1.807, 2.05) is 26.0 Å². The summed E-state index contributed by atoms with van der Waals surface area (Å²) in [5, 5.41) is 6.23. The lowest BCUT2D eigenvalue weighted by Gasteiger charge is -2.31. The number of ether oxygens (including phenoxy) is 2. The second-order valence-corrected chi connectivity index (χ2v) is 8.03. The first-order valence-corrected chi connectivity index (χ1v) is 10.2. The highest BCUT2D eigenvalue weighted by molar-refractivity contribution is 6.30. The average Bonchev–Trinajstić information content (AvgIpc) is 2.69. The van der Waals surface area contributed by atoms with Crippen LogP contribution in [0.1, 0.15) is 39.3 Å². The molecule has 6 nitrogen and oxygen atoms in total. The quantitative estimate of drug-likeness (QED) is 0.608. The molecule has 0 aliphatic carbocycles. The van der Waals surface area contributed by atoms with Gasteiger partial charge in [0.15, 0.2) is 0 Å². The number of amides is 2. The van der Waals surface area contributed by atoms with Gasteiger partial charge in [0.25, 0.3) is 0 Å². The second-order valence-electron chi connectivity index (χ2n) is 7.59. The predicted octanol–water partition coefficient (Wildman–Crippen LogP) is 5.35. The second kappa shape index (κ2) is 9.22. The summed E-state index contributed by atoms with van der Waals surface area (Å²) in [5.41, 5.74) is 1.72. The zero-order chi connectivity index (χ0) is 21.8. The molecule has 0 saturated heterocycles. The molecule has 7 heteroatoms. The number of rotatable bonds is 6. The number of hydrogen-bond donors (Lipinski definition) is 2. The van der Waals surface area contributed by atoms with Crippen LogP contribution in [0.3, 0.4) is 0 Å². The molecule has 0 saturated carbocycles. The van der Waals surface area contributed by atoms with Gasteiger partial charge in [0.2, 0.25) is 0 Å². The van der Waals surface area contributed by atoms with Gasteiger partial charge >= 0.3 is 12.0 Å². The largest absolute Gasteiger partial charge is 0.459 e. The summed E-state index contributed by atoms with van der Waals surface area (Å²) in [6.07, 6.45) is -0.271. The molecule has 1 aliphatic rings. The van der Waals surface area contributed by atoms with Gasteiger partial charge in [-0.1, -0.05) is 37.6 Å². The van der Waals surface area contributed by atoms with E-state index in [0.29, 0.717) is 27.8 Å². The highest BCUT2D eigenvalue weighted by Gasteiger charge is 2.35. The van der Waals surface area contributed by atoms with Gasteiger partial charge in [-0.05, 0) is 61.7 Å². The molecule has 1 atom stereocenters. The van der Waals surface area contributed by atoms with Gasteiger partial charge in [-0.2, -0.15) is 0 Å². The molecule has 158 valence electrons. The third-order valence-electron chi connectivity index (χ3n) is 4.51. The Morgan fingerprint density at radius 1 is 0.967 bits per heavy atom. The number of carbonyl (C=O) groups is 2. The molecule has 1 heterocycles. The first-order valence-electron chi connectivity index (χ1n) is 9.80. The highest BCUT2D eigenvalue weighted by Crippen LogP contribution is 2.32. The van der Waals surface area contributed by atoms with Gasteiger partial charge in [0.05, 0.1) is 17.7 Å². The summed E-state index contributed by atoms with van der Waals surface area (Å²) in [6, 6.07) is 13.3. The Labute approximate surface area is 181 Å². The fourth-order valence-corrected chi connectivity index (χ4v) is 3.29. The standard InChI is InChI=1S/C23H25ClN2O4/c1-13(2)20-19(22(27)29-14(3)4)21(26-23(28)25-20)15-5-9-17(10-6-15)30-18-11-7-16(24)8-12-18/h5-14,21H,1-4H3,(H2,25,26,28). The zero-order valence-electron chi connectivity index (χ0n) is 17.4. The van der Waals surface area contributed by atoms with Crippen LogP contribution in [0.15, 0.2) is 59.8 Å². The van der Waals surface area contributed by atoms with Crippen molar-refractivity contribution in [3.05, 3.63) is 70.4 Å². The molecule has 0 radical (unpaired) electrons. The Kier molecular flexibility index (Phi) is 6.67. The number of hydrogen-bond acceptors (Lipinski definition) is 4. The molecule has 0 spiro atoms. The van der Waals surface area contributed by atoms with Crippen molar-refractivity contribution < 1.29 is 19.1 Å². The van der Waals surface area contributed by atoms with Crippen LogP contribution in [0.5, 0.6) is 11.5 Å². The number of halogens is 1. The minimum Gasteiger partial charge on any atom is -0.459 e. The van der Waals surface area contributed by atoms with E-state index in [1.54, 1.807) is 50.2 Å². The molecular weight excluding hydrogens is 404 g/mol. The summed E-state index contributed by atoms with van der Waals surface area (Å²) in [6.45, 7) is 7.42. The maximum atomic E-state index is 12.8. The van der Waals surface area contributed by atoms with Crippen LogP contribution in [0.2, 0.25) is 5.02 Å². The van der Waals surface area contributed by atoms with Gasteiger partial charge < -0.3 is 20.1 Å². The number of esters is 1. The Balaban J connectivity index is 1.90. The maximum Gasteiger partial charge on any atom is 0.338 e. The highest BCUT2D eigenvalue weighted by atomic mass is 35.5. The third kappa shape index (κ3) is 5.13. The van der Waals surface area contributed by atoms with Gasteiger partial charge in [0.1, 0.15) is 11.5 Å². The SMILES string of the molecule is CC(C)OC(=O)C1=C(C(C)C)NC(=O)NC1c1ccc(Oc2ccc(Cl)cc2)cc1. The van der Waals surface area contributed by atoms with E-state index in [9.17, 15) is 9.59 Å². The lowest BCUT2D eigenvalue weighted by Crippen LogP contribution is -2.47. The van der Waals surface area contributed by atoms with Gasteiger partial charge in [0, 0.05) is 10.7 Å². The first kappa shape index (κ1) is 21.7. The lowest BCUT2D eigenvalue weighted by atomic mass is 9.91. The summed E-state index contributed by atoms with van der Waals surface area (Å²) < 4.78 is 11.3. The van der Waals surface area contributed by atoms with Crippen LogP contribution in [0, 0.1) is 5.92 Å². The summed E-state index contributed by atoms with van der Waals surface area (Å²) in [7, 11) is 0. The number of carbonyl (C=O) groups excluding carboxylic acids is 2. The minimum atomic E-state index is -0.619. The van der Waals surface area contributed by atoms with Gasteiger partial charge in [-0.25, -0.2) is 9.59 Å². The molecule has 2 aromatic rings. The minimum absolute atomic E-state index is 0.0548. The van der Waals surface area contributed by atoms with E-state index in [2.05, 4.69) is 10.6 Å². The fourth-order valence-electron chi connectivity index (χ4n) is 3.16. The lowest BCUT2D eigenvalue weighted by molar-refractivity contribution is -0.143. The molecule has 3 rings (SSSR count). The van der Waals surface area contributed by atoms with Crippen molar-refractivity contribution in [2.45, 2.75) is 39.8 Å². The molecule has 2 N–H and O–H groups in total. The number of allylic oxidation sites excluding steroid dienone is 1. The van der Waals surface area contributed by atoms with E-state index in [4.69, 9.17) is 21.1 Å². The third-order valence-corrected chi connectivity index (χ3v) is 4.76. The molecule has 1 aliphatic heterocycles. The van der Waals surface area contributed by atoms with Crippen LogP contribution < -0.4 is 15.4 Å². The molecule has 30 heavy (non-hydrogen) atoms. The van der Waals surface area contributed by atoms with Crippen LogP contribution >= 0.6 is 11.6 Å². The fraction of sp³-hybridized carbons (Fsp3) is 0.304.